The van der Waals surface area contributed by atoms with Gasteiger partial charge in [-0.15, -0.1) is 0 Å². The van der Waals surface area contributed by atoms with E-state index in [4.69, 9.17) is 9.47 Å². The van der Waals surface area contributed by atoms with E-state index in [1.807, 2.05) is 51.1 Å². The van der Waals surface area contributed by atoms with Crippen LogP contribution < -0.4 is 9.47 Å². The Labute approximate surface area is 133 Å². The van der Waals surface area contributed by atoms with Crippen LogP contribution in [0.1, 0.15) is 26.3 Å². The maximum Gasteiger partial charge on any atom is 0.260 e. The van der Waals surface area contributed by atoms with Gasteiger partial charge in [0.1, 0.15) is 0 Å². The molecule has 0 spiro atoms. The Kier molecular flexibility index (Phi) is 7.23. The third-order valence-corrected chi connectivity index (χ3v) is 3.09. The van der Waals surface area contributed by atoms with E-state index in [0.29, 0.717) is 24.6 Å². The number of hydrogen-bond acceptors (Lipinski definition) is 3. The number of benzene rings is 1. The average molecular weight is 303 g/mol. The molecule has 0 aliphatic rings. The third-order valence-electron chi connectivity index (χ3n) is 3.09. The van der Waals surface area contributed by atoms with Crippen LogP contribution in [0.4, 0.5) is 0 Å². The van der Waals surface area contributed by atoms with Crippen molar-refractivity contribution in [2.24, 2.45) is 0 Å². The first-order valence-corrected chi connectivity index (χ1v) is 7.37. The average Bonchev–Trinajstić information content (AvgIpc) is 2.50. The van der Waals surface area contributed by atoms with E-state index in [1.54, 1.807) is 12.0 Å². The molecule has 1 aromatic rings. The number of hydrogen-bond donors (Lipinski definition) is 0. The van der Waals surface area contributed by atoms with Gasteiger partial charge in [0.05, 0.1) is 7.11 Å². The first-order valence-electron chi connectivity index (χ1n) is 7.37. The number of nitrogens with zero attached hydrogens (tertiary/aromatic N) is 1. The molecule has 0 aliphatic heterocycles. The Hall–Kier alpha value is -2.23. The Morgan fingerprint density at radius 1 is 1.36 bits per heavy atom. The van der Waals surface area contributed by atoms with E-state index in [0.717, 1.165) is 11.1 Å². The first kappa shape index (κ1) is 17.8. The summed E-state index contributed by atoms with van der Waals surface area (Å²) in [6, 6.07) is 5.62. The largest absolute Gasteiger partial charge is 0.493 e. The molecule has 0 fully saturated rings. The summed E-state index contributed by atoms with van der Waals surface area (Å²) in [6.07, 6.45) is 3.93. The minimum atomic E-state index is -0.0647. The molecule has 4 heteroatoms. The molecule has 1 amide bonds. The van der Waals surface area contributed by atoms with Crippen LogP contribution in [0.3, 0.4) is 0 Å². The number of likely N-dealkylation sites (N-methyl/N-ethyl adjacent to an activating group) is 1. The van der Waals surface area contributed by atoms with E-state index in [1.165, 1.54) is 0 Å². The van der Waals surface area contributed by atoms with Crippen molar-refractivity contribution in [2.45, 2.75) is 20.8 Å². The number of amides is 1. The fourth-order valence-corrected chi connectivity index (χ4v) is 2.03. The molecule has 120 valence electrons. The molecule has 0 bridgehead atoms. The molecule has 22 heavy (non-hydrogen) atoms. The fraction of sp³-hybridized carbons (Fsp3) is 0.389. The van der Waals surface area contributed by atoms with Gasteiger partial charge in [0.15, 0.2) is 18.1 Å². The van der Waals surface area contributed by atoms with Crippen LogP contribution in [-0.2, 0) is 4.79 Å². The zero-order chi connectivity index (χ0) is 16.5. The molecule has 1 rings (SSSR count). The molecule has 0 unspecified atom stereocenters. The predicted molar refractivity (Wildman–Crippen MR) is 90.3 cm³/mol. The lowest BCUT2D eigenvalue weighted by Gasteiger charge is -2.21. The van der Waals surface area contributed by atoms with Gasteiger partial charge in [0.2, 0.25) is 0 Å². The highest BCUT2D eigenvalue weighted by Gasteiger charge is 2.14. The second-order valence-electron chi connectivity index (χ2n) is 5.06. The molecule has 0 atom stereocenters. The van der Waals surface area contributed by atoms with Gasteiger partial charge in [-0.05, 0) is 38.5 Å². The Morgan fingerprint density at radius 2 is 2.09 bits per heavy atom. The van der Waals surface area contributed by atoms with Crippen molar-refractivity contribution in [3.05, 3.63) is 42.0 Å². The van der Waals surface area contributed by atoms with Gasteiger partial charge in [0.25, 0.3) is 5.91 Å². The summed E-state index contributed by atoms with van der Waals surface area (Å²) in [5.41, 5.74) is 1.97. The minimum absolute atomic E-state index is 0.0134. The lowest BCUT2D eigenvalue weighted by Crippen LogP contribution is -2.35. The van der Waals surface area contributed by atoms with Crippen LogP contribution in [0, 0.1) is 0 Å². The normalized spacial score (nSPS) is 10.5. The van der Waals surface area contributed by atoms with Gasteiger partial charge in [-0.1, -0.05) is 30.4 Å². The summed E-state index contributed by atoms with van der Waals surface area (Å²) in [7, 11) is 1.59. The van der Waals surface area contributed by atoms with Gasteiger partial charge in [-0.3, -0.25) is 4.79 Å². The predicted octanol–water partition coefficient (Wildman–Crippen LogP) is 3.53. The third kappa shape index (κ3) is 5.28. The molecule has 0 aliphatic carbocycles. The summed E-state index contributed by atoms with van der Waals surface area (Å²) < 4.78 is 10.9. The summed E-state index contributed by atoms with van der Waals surface area (Å²) in [6.45, 7) is 10.8. The van der Waals surface area contributed by atoms with Crippen LogP contribution >= 0.6 is 0 Å². The summed E-state index contributed by atoms with van der Waals surface area (Å²) in [5, 5.41) is 0. The highest BCUT2D eigenvalue weighted by Crippen LogP contribution is 2.28. The number of methoxy groups -OCH3 is 1. The molecule has 1 aromatic carbocycles. The van der Waals surface area contributed by atoms with Crippen LogP contribution in [0.25, 0.3) is 6.08 Å². The van der Waals surface area contributed by atoms with Crippen LogP contribution in [0.2, 0.25) is 0 Å². The van der Waals surface area contributed by atoms with E-state index >= 15 is 0 Å². The first-order chi connectivity index (χ1) is 10.5. The van der Waals surface area contributed by atoms with E-state index < -0.39 is 0 Å². The Morgan fingerprint density at radius 3 is 2.64 bits per heavy atom. The van der Waals surface area contributed by atoms with Crippen LogP contribution in [0.15, 0.2) is 36.4 Å². The lowest BCUT2D eigenvalue weighted by atomic mass is 10.2. The number of carbonyl (C=O) groups excluding carboxylic acids is 1. The molecule has 4 nitrogen and oxygen atoms in total. The van der Waals surface area contributed by atoms with Gasteiger partial charge in [-0.2, -0.15) is 0 Å². The van der Waals surface area contributed by atoms with Gasteiger partial charge in [-0.25, -0.2) is 0 Å². The van der Waals surface area contributed by atoms with Gasteiger partial charge in [0, 0.05) is 13.1 Å². The molecule has 0 N–H and O–H groups in total. The molecule has 0 saturated heterocycles. The van der Waals surface area contributed by atoms with Crippen LogP contribution in [0.5, 0.6) is 11.5 Å². The minimum Gasteiger partial charge on any atom is -0.493 e. The van der Waals surface area contributed by atoms with Crippen LogP contribution in [-0.4, -0.2) is 37.6 Å². The number of allylic oxidation sites excluding steroid dienone is 1. The number of carbonyl (C=O) groups is 1. The fourth-order valence-electron chi connectivity index (χ4n) is 2.03. The molecular formula is C18H25NO3. The lowest BCUT2D eigenvalue weighted by molar-refractivity contribution is -0.132. The zero-order valence-corrected chi connectivity index (χ0v) is 13.9. The van der Waals surface area contributed by atoms with Crippen molar-refractivity contribution in [3.8, 4) is 11.5 Å². The van der Waals surface area contributed by atoms with Crippen molar-refractivity contribution in [1.29, 1.82) is 0 Å². The number of ether oxygens (including phenoxy) is 2. The standard InChI is InChI=1S/C18H25NO3/c1-6-8-15-9-10-16(17(11-15)21-5)22-13-18(20)19(7-2)12-14(3)4/h6,8-11H,3,7,12-13H2,1-2,4-5H3. The SMILES string of the molecule is C=C(C)CN(CC)C(=O)COc1ccc(C=CC)cc1OC. The molecule has 0 radical (unpaired) electrons. The number of rotatable bonds is 8. The Balaban J connectivity index is 2.74. The van der Waals surface area contributed by atoms with Crippen molar-refractivity contribution < 1.29 is 14.3 Å². The van der Waals surface area contributed by atoms with Crippen molar-refractivity contribution in [3.63, 3.8) is 0 Å². The highest BCUT2D eigenvalue weighted by atomic mass is 16.5. The topological polar surface area (TPSA) is 38.8 Å². The summed E-state index contributed by atoms with van der Waals surface area (Å²) in [5.74, 6) is 1.12. The summed E-state index contributed by atoms with van der Waals surface area (Å²) >= 11 is 0. The van der Waals surface area contributed by atoms with E-state index in [9.17, 15) is 4.79 Å². The molecular weight excluding hydrogens is 278 g/mol. The molecule has 0 aromatic heterocycles. The highest BCUT2D eigenvalue weighted by molar-refractivity contribution is 5.78. The Bertz CT molecular complexity index is 549. The quantitative estimate of drug-likeness (QED) is 0.690. The summed E-state index contributed by atoms with van der Waals surface area (Å²) in [4.78, 5) is 13.9. The zero-order valence-electron chi connectivity index (χ0n) is 13.9. The van der Waals surface area contributed by atoms with Gasteiger partial charge >= 0.3 is 0 Å². The second-order valence-corrected chi connectivity index (χ2v) is 5.06. The molecule has 0 heterocycles. The van der Waals surface area contributed by atoms with Gasteiger partial charge < -0.3 is 14.4 Å². The second kappa shape index (κ2) is 8.93. The maximum absolute atomic E-state index is 12.2. The maximum atomic E-state index is 12.2. The van der Waals surface area contributed by atoms with Crippen molar-refractivity contribution in [1.82, 2.24) is 4.90 Å². The smallest absolute Gasteiger partial charge is 0.260 e. The monoisotopic (exact) mass is 303 g/mol. The van der Waals surface area contributed by atoms with Crippen molar-refractivity contribution in [2.75, 3.05) is 26.8 Å². The van der Waals surface area contributed by atoms with Crippen molar-refractivity contribution >= 4 is 12.0 Å². The van der Waals surface area contributed by atoms with E-state index in [-0.39, 0.29) is 12.5 Å². The molecule has 0 saturated carbocycles. The van der Waals surface area contributed by atoms with E-state index in [2.05, 4.69) is 6.58 Å².